The van der Waals surface area contributed by atoms with Gasteiger partial charge in [0.1, 0.15) is 12.0 Å². The monoisotopic (exact) mass is 265 g/mol. The highest BCUT2D eigenvalue weighted by molar-refractivity contribution is 5.45. The van der Waals surface area contributed by atoms with Crippen molar-refractivity contribution in [2.24, 2.45) is 5.73 Å². The smallest absolute Gasteiger partial charge is 0.222 e. The Kier molecular flexibility index (Phi) is 3.26. The molecule has 6 heteroatoms. The Balaban J connectivity index is 1.77. The molecule has 0 bridgehead atoms. The molecule has 5 nitrogen and oxygen atoms in total. The van der Waals surface area contributed by atoms with E-state index in [1.807, 2.05) is 6.07 Å². The molecule has 2 heterocycles. The van der Waals surface area contributed by atoms with E-state index in [-0.39, 0.29) is 6.04 Å². The standard InChI is InChI=1S/C13H20FN5/c14-9-1-3-19(4-2-9)12-7-11(17-13(16)18-12)8-5-10(15)6-8/h7-10H,1-6,15H2,(H2,16,17,18). The maximum absolute atomic E-state index is 13.2. The van der Waals surface area contributed by atoms with E-state index in [0.717, 1.165) is 24.4 Å². The van der Waals surface area contributed by atoms with E-state index < -0.39 is 6.17 Å². The van der Waals surface area contributed by atoms with Crippen LogP contribution in [0.1, 0.15) is 37.3 Å². The molecule has 104 valence electrons. The second kappa shape index (κ2) is 4.92. The van der Waals surface area contributed by atoms with Crippen LogP contribution in [0.25, 0.3) is 0 Å². The van der Waals surface area contributed by atoms with Crippen molar-refractivity contribution in [2.75, 3.05) is 23.7 Å². The number of nitrogens with two attached hydrogens (primary N) is 2. The maximum atomic E-state index is 13.2. The topological polar surface area (TPSA) is 81.1 Å². The molecule has 1 aliphatic heterocycles. The van der Waals surface area contributed by atoms with Gasteiger partial charge in [-0.25, -0.2) is 9.37 Å². The molecular formula is C13H20FN5. The first-order chi connectivity index (χ1) is 9.11. The van der Waals surface area contributed by atoms with Crippen LogP contribution in [0.4, 0.5) is 16.2 Å². The molecule has 2 aliphatic rings. The number of nitrogens with zero attached hydrogens (tertiary/aromatic N) is 3. The summed E-state index contributed by atoms with van der Waals surface area (Å²) in [5.41, 5.74) is 12.6. The van der Waals surface area contributed by atoms with Crippen molar-refractivity contribution in [1.29, 1.82) is 0 Å². The van der Waals surface area contributed by atoms with Gasteiger partial charge in [0.15, 0.2) is 0 Å². The van der Waals surface area contributed by atoms with Gasteiger partial charge in [-0.05, 0) is 25.7 Å². The van der Waals surface area contributed by atoms with E-state index >= 15 is 0 Å². The van der Waals surface area contributed by atoms with Gasteiger partial charge in [-0.15, -0.1) is 0 Å². The highest BCUT2D eigenvalue weighted by Gasteiger charge is 2.30. The number of hydrogen-bond donors (Lipinski definition) is 2. The first-order valence-electron chi connectivity index (χ1n) is 6.91. The Morgan fingerprint density at radius 2 is 1.89 bits per heavy atom. The minimum Gasteiger partial charge on any atom is -0.368 e. The summed E-state index contributed by atoms with van der Waals surface area (Å²) in [6, 6.07) is 2.28. The number of aromatic nitrogens is 2. The van der Waals surface area contributed by atoms with E-state index in [1.54, 1.807) is 0 Å². The molecule has 2 fully saturated rings. The Bertz CT molecular complexity index is 452. The average molecular weight is 265 g/mol. The third-order valence-corrected chi connectivity index (χ3v) is 4.09. The van der Waals surface area contributed by atoms with Crippen molar-refractivity contribution in [3.63, 3.8) is 0 Å². The number of piperidine rings is 1. The van der Waals surface area contributed by atoms with Crippen LogP contribution in [0, 0.1) is 0 Å². The van der Waals surface area contributed by atoms with Crippen LogP contribution in [-0.4, -0.2) is 35.3 Å². The molecular weight excluding hydrogens is 245 g/mol. The molecule has 0 spiro atoms. The van der Waals surface area contributed by atoms with Crippen LogP contribution >= 0.6 is 0 Å². The summed E-state index contributed by atoms with van der Waals surface area (Å²) in [6.45, 7) is 1.39. The molecule has 1 aliphatic carbocycles. The summed E-state index contributed by atoms with van der Waals surface area (Å²) in [5.74, 6) is 1.53. The Morgan fingerprint density at radius 3 is 2.53 bits per heavy atom. The zero-order valence-corrected chi connectivity index (χ0v) is 10.9. The molecule has 0 atom stereocenters. The third-order valence-electron chi connectivity index (χ3n) is 4.09. The number of nitrogen functional groups attached to an aromatic ring is 1. The number of alkyl halides is 1. The zero-order chi connectivity index (χ0) is 13.4. The lowest BCUT2D eigenvalue weighted by Crippen LogP contribution is -2.37. The van der Waals surface area contributed by atoms with E-state index in [9.17, 15) is 4.39 Å². The summed E-state index contributed by atoms with van der Waals surface area (Å²) in [6.07, 6.45) is 2.37. The molecule has 1 aromatic heterocycles. The van der Waals surface area contributed by atoms with Crippen LogP contribution in [0.2, 0.25) is 0 Å². The predicted octanol–water partition coefficient (Wildman–Crippen LogP) is 1.20. The number of rotatable bonds is 2. The van der Waals surface area contributed by atoms with Gasteiger partial charge >= 0.3 is 0 Å². The molecule has 4 N–H and O–H groups in total. The van der Waals surface area contributed by atoms with Crippen LogP contribution < -0.4 is 16.4 Å². The summed E-state index contributed by atoms with van der Waals surface area (Å²) >= 11 is 0. The fraction of sp³-hybridized carbons (Fsp3) is 0.692. The van der Waals surface area contributed by atoms with Crippen molar-refractivity contribution >= 4 is 11.8 Å². The minimum absolute atomic E-state index is 0.284. The minimum atomic E-state index is -0.681. The summed E-state index contributed by atoms with van der Waals surface area (Å²) in [4.78, 5) is 10.7. The lowest BCUT2D eigenvalue weighted by Gasteiger charge is -2.33. The average Bonchev–Trinajstić information content (AvgIpc) is 2.35. The van der Waals surface area contributed by atoms with Gasteiger partial charge in [0.25, 0.3) is 0 Å². The largest absolute Gasteiger partial charge is 0.368 e. The third kappa shape index (κ3) is 2.63. The van der Waals surface area contributed by atoms with Gasteiger partial charge < -0.3 is 16.4 Å². The second-order valence-electron chi connectivity index (χ2n) is 5.60. The van der Waals surface area contributed by atoms with E-state index in [2.05, 4.69) is 14.9 Å². The van der Waals surface area contributed by atoms with Crippen molar-refractivity contribution in [2.45, 2.75) is 43.8 Å². The lowest BCUT2D eigenvalue weighted by molar-refractivity contribution is 0.276. The molecule has 1 saturated heterocycles. The summed E-state index contributed by atoms with van der Waals surface area (Å²) in [7, 11) is 0. The van der Waals surface area contributed by atoms with Gasteiger partial charge in [-0.3, -0.25) is 0 Å². The van der Waals surface area contributed by atoms with E-state index in [1.165, 1.54) is 0 Å². The molecule has 0 amide bonds. The molecule has 19 heavy (non-hydrogen) atoms. The summed E-state index contributed by atoms with van der Waals surface area (Å²) < 4.78 is 13.2. The van der Waals surface area contributed by atoms with Crippen molar-refractivity contribution in [3.8, 4) is 0 Å². The Morgan fingerprint density at radius 1 is 1.21 bits per heavy atom. The molecule has 3 rings (SSSR count). The molecule has 0 radical (unpaired) electrons. The molecule has 0 aromatic carbocycles. The van der Waals surface area contributed by atoms with Crippen LogP contribution in [-0.2, 0) is 0 Å². The fourth-order valence-corrected chi connectivity index (χ4v) is 2.82. The normalized spacial score (nSPS) is 28.2. The second-order valence-corrected chi connectivity index (χ2v) is 5.60. The SMILES string of the molecule is Nc1nc(C2CC(N)C2)cc(N2CCC(F)CC2)n1. The number of anilines is 2. The molecule has 0 unspecified atom stereocenters. The summed E-state index contributed by atoms with van der Waals surface area (Å²) in [5, 5.41) is 0. The predicted molar refractivity (Wildman–Crippen MR) is 72.7 cm³/mol. The number of halogens is 1. The van der Waals surface area contributed by atoms with E-state index in [0.29, 0.717) is 37.8 Å². The lowest BCUT2D eigenvalue weighted by atomic mass is 9.78. The highest BCUT2D eigenvalue weighted by Crippen LogP contribution is 2.36. The Labute approximate surface area is 112 Å². The molecule has 1 saturated carbocycles. The van der Waals surface area contributed by atoms with Crippen molar-refractivity contribution in [1.82, 2.24) is 9.97 Å². The molecule has 1 aromatic rings. The van der Waals surface area contributed by atoms with Crippen molar-refractivity contribution in [3.05, 3.63) is 11.8 Å². The highest BCUT2D eigenvalue weighted by atomic mass is 19.1. The van der Waals surface area contributed by atoms with Gasteiger partial charge in [0.05, 0.1) is 5.69 Å². The maximum Gasteiger partial charge on any atom is 0.222 e. The van der Waals surface area contributed by atoms with Crippen LogP contribution in [0.15, 0.2) is 6.07 Å². The van der Waals surface area contributed by atoms with Crippen molar-refractivity contribution < 1.29 is 4.39 Å². The van der Waals surface area contributed by atoms with Gasteiger partial charge in [-0.2, -0.15) is 4.98 Å². The fourth-order valence-electron chi connectivity index (χ4n) is 2.82. The zero-order valence-electron chi connectivity index (χ0n) is 10.9. The first kappa shape index (κ1) is 12.6. The van der Waals surface area contributed by atoms with Crippen LogP contribution in [0.3, 0.4) is 0 Å². The van der Waals surface area contributed by atoms with Gasteiger partial charge in [0.2, 0.25) is 5.95 Å². The van der Waals surface area contributed by atoms with Gasteiger partial charge in [-0.1, -0.05) is 0 Å². The Hall–Kier alpha value is -1.43. The number of hydrogen-bond acceptors (Lipinski definition) is 5. The first-order valence-corrected chi connectivity index (χ1v) is 6.91. The van der Waals surface area contributed by atoms with E-state index in [4.69, 9.17) is 11.5 Å². The van der Waals surface area contributed by atoms with Gasteiger partial charge in [0, 0.05) is 31.1 Å². The quantitative estimate of drug-likeness (QED) is 0.840. The van der Waals surface area contributed by atoms with Crippen LogP contribution in [0.5, 0.6) is 0 Å².